The third kappa shape index (κ3) is 3.94. The molecule has 8 heteroatoms. The number of amides is 1. The van der Waals surface area contributed by atoms with E-state index in [1.54, 1.807) is 24.3 Å². The van der Waals surface area contributed by atoms with Crippen LogP contribution in [0.3, 0.4) is 0 Å². The largest absolute Gasteiger partial charge is 0.466 e. The van der Waals surface area contributed by atoms with Gasteiger partial charge in [0.25, 0.3) is 10.0 Å². The Bertz CT molecular complexity index is 1100. The number of amidine groups is 1. The highest BCUT2D eigenvalue weighted by Gasteiger charge is 2.35. The molecule has 1 atom stereocenters. The Hall–Kier alpha value is -2.61. The van der Waals surface area contributed by atoms with E-state index >= 15 is 0 Å². The number of aliphatic imine (C=N–C) groups is 1. The molecule has 1 aromatic heterocycles. The van der Waals surface area contributed by atoms with Crippen LogP contribution < -0.4 is 10.0 Å². The van der Waals surface area contributed by atoms with Gasteiger partial charge < -0.3 is 9.73 Å². The lowest BCUT2D eigenvalue weighted by atomic mass is 9.74. The number of hydrogen-bond donors (Lipinski definition) is 2. The fraction of sp³-hybridized carbons (Fsp3) is 0.429. The van der Waals surface area contributed by atoms with Crippen LogP contribution in [0.5, 0.6) is 0 Å². The topological polar surface area (TPSA) is 101 Å². The number of fused-ring (bicyclic) bond motifs is 2. The Labute approximate surface area is 170 Å². The first-order valence-corrected chi connectivity index (χ1v) is 11.2. The van der Waals surface area contributed by atoms with Crippen LogP contribution in [0, 0.1) is 12.3 Å². The zero-order valence-corrected chi connectivity index (χ0v) is 17.6. The van der Waals surface area contributed by atoms with E-state index in [1.165, 1.54) is 0 Å². The molecule has 2 heterocycles. The molecule has 2 aliphatic rings. The quantitative estimate of drug-likeness (QED) is 0.802. The molecule has 29 heavy (non-hydrogen) atoms. The summed E-state index contributed by atoms with van der Waals surface area (Å²) in [5, 5.41) is 3.10. The van der Waals surface area contributed by atoms with Gasteiger partial charge >= 0.3 is 0 Å². The average Bonchev–Trinajstić information content (AvgIpc) is 3.11. The van der Waals surface area contributed by atoms with E-state index in [1.807, 2.05) is 13.0 Å². The molecule has 0 saturated heterocycles. The van der Waals surface area contributed by atoms with Gasteiger partial charge in [0.1, 0.15) is 17.4 Å². The van der Waals surface area contributed by atoms with Crippen molar-refractivity contribution in [3.8, 4) is 0 Å². The Kier molecular flexibility index (Phi) is 4.77. The summed E-state index contributed by atoms with van der Waals surface area (Å²) in [5.41, 5.74) is 1.64. The van der Waals surface area contributed by atoms with Gasteiger partial charge in [-0.05, 0) is 37.0 Å². The minimum absolute atomic E-state index is 0.0430. The van der Waals surface area contributed by atoms with E-state index in [2.05, 4.69) is 28.9 Å². The SMILES string of the molecule is Cc1cc2c(o1)CC(C)(C)CC2NC(=O)CCN=C1NS(=O)(=O)c2ccccc21. The molecule has 0 radical (unpaired) electrons. The van der Waals surface area contributed by atoms with Crippen molar-refractivity contribution in [3.05, 3.63) is 53.0 Å². The van der Waals surface area contributed by atoms with Crippen molar-refractivity contribution in [3.63, 3.8) is 0 Å². The van der Waals surface area contributed by atoms with Crippen LogP contribution in [0.4, 0.5) is 0 Å². The van der Waals surface area contributed by atoms with Gasteiger partial charge in [-0.1, -0.05) is 26.0 Å². The highest BCUT2D eigenvalue weighted by molar-refractivity contribution is 7.90. The molecule has 0 saturated carbocycles. The Balaban J connectivity index is 1.42. The van der Waals surface area contributed by atoms with E-state index in [4.69, 9.17) is 4.42 Å². The van der Waals surface area contributed by atoms with Crippen LogP contribution in [0.25, 0.3) is 0 Å². The first kappa shape index (κ1) is 19.7. The monoisotopic (exact) mass is 415 g/mol. The van der Waals surface area contributed by atoms with Crippen molar-refractivity contribution < 1.29 is 17.6 Å². The molecular formula is C21H25N3O4S. The van der Waals surface area contributed by atoms with Crippen LogP contribution in [0.1, 0.15) is 55.4 Å². The van der Waals surface area contributed by atoms with Crippen LogP contribution in [-0.4, -0.2) is 26.7 Å². The van der Waals surface area contributed by atoms with Gasteiger partial charge in [0.05, 0.1) is 17.5 Å². The minimum Gasteiger partial charge on any atom is -0.466 e. The maximum Gasteiger partial charge on any atom is 0.263 e. The van der Waals surface area contributed by atoms with E-state index in [0.29, 0.717) is 11.4 Å². The molecule has 0 bridgehead atoms. The molecule has 7 nitrogen and oxygen atoms in total. The molecule has 1 aliphatic carbocycles. The first-order valence-electron chi connectivity index (χ1n) is 9.70. The number of aryl methyl sites for hydroxylation is 1. The van der Waals surface area contributed by atoms with Crippen LogP contribution in [-0.2, 0) is 21.2 Å². The fourth-order valence-corrected chi connectivity index (χ4v) is 5.35. The number of benzene rings is 1. The smallest absolute Gasteiger partial charge is 0.263 e. The highest BCUT2D eigenvalue weighted by Crippen LogP contribution is 2.42. The zero-order valence-electron chi connectivity index (χ0n) is 16.8. The molecular weight excluding hydrogens is 390 g/mol. The van der Waals surface area contributed by atoms with Gasteiger partial charge in [0.2, 0.25) is 5.91 Å². The highest BCUT2D eigenvalue weighted by atomic mass is 32.2. The van der Waals surface area contributed by atoms with Crippen molar-refractivity contribution >= 4 is 21.8 Å². The predicted octanol–water partition coefficient (Wildman–Crippen LogP) is 2.85. The van der Waals surface area contributed by atoms with Crippen molar-refractivity contribution in [2.45, 2.75) is 51.0 Å². The van der Waals surface area contributed by atoms with Crippen molar-refractivity contribution in [1.82, 2.24) is 10.0 Å². The van der Waals surface area contributed by atoms with E-state index in [-0.39, 0.29) is 35.2 Å². The molecule has 0 fully saturated rings. The standard InChI is InChI=1S/C21H25N3O4S/c1-13-10-15-16(11-21(2,3)12-17(15)28-13)23-19(25)8-9-22-20-14-6-4-5-7-18(14)29(26,27)24-20/h4-7,10,16H,8-9,11-12H2,1-3H3,(H,22,24)(H,23,25). The second kappa shape index (κ2) is 7.02. The van der Waals surface area contributed by atoms with Gasteiger partial charge in [-0.25, -0.2) is 8.42 Å². The Morgan fingerprint density at radius 2 is 2.10 bits per heavy atom. The number of sulfonamides is 1. The Morgan fingerprint density at radius 3 is 2.90 bits per heavy atom. The second-order valence-corrected chi connectivity index (χ2v) is 10.1. The molecule has 1 unspecified atom stereocenters. The van der Waals surface area contributed by atoms with Gasteiger partial charge in [-0.15, -0.1) is 0 Å². The lowest BCUT2D eigenvalue weighted by Gasteiger charge is -2.34. The molecule has 4 rings (SSSR count). The minimum atomic E-state index is -3.56. The fourth-order valence-electron chi connectivity index (χ4n) is 4.10. The lowest BCUT2D eigenvalue weighted by molar-refractivity contribution is -0.121. The predicted molar refractivity (Wildman–Crippen MR) is 109 cm³/mol. The summed E-state index contributed by atoms with van der Waals surface area (Å²) in [5.74, 6) is 1.97. The number of rotatable bonds is 4. The number of carbonyl (C=O) groups is 1. The molecule has 2 aromatic rings. The number of hydrogen-bond acceptors (Lipinski definition) is 5. The maximum atomic E-state index is 12.5. The summed E-state index contributed by atoms with van der Waals surface area (Å²) in [6, 6.07) is 8.60. The molecule has 0 spiro atoms. The summed E-state index contributed by atoms with van der Waals surface area (Å²) >= 11 is 0. The second-order valence-electron chi connectivity index (χ2n) is 8.48. The number of nitrogens with zero attached hydrogens (tertiary/aromatic N) is 1. The van der Waals surface area contributed by atoms with E-state index in [9.17, 15) is 13.2 Å². The number of carbonyl (C=O) groups excluding carboxylic acids is 1. The summed E-state index contributed by atoms with van der Waals surface area (Å²) < 4.78 is 32.5. The van der Waals surface area contributed by atoms with Gasteiger partial charge in [0.15, 0.2) is 0 Å². The van der Waals surface area contributed by atoms with Crippen LogP contribution in [0.15, 0.2) is 44.6 Å². The summed E-state index contributed by atoms with van der Waals surface area (Å²) in [7, 11) is -3.56. The molecule has 2 N–H and O–H groups in total. The number of nitrogens with one attached hydrogen (secondary N) is 2. The first-order chi connectivity index (χ1) is 13.6. The third-order valence-corrected chi connectivity index (χ3v) is 6.74. The third-order valence-electron chi connectivity index (χ3n) is 5.34. The molecule has 1 aromatic carbocycles. The van der Waals surface area contributed by atoms with Crippen molar-refractivity contribution in [2.24, 2.45) is 10.4 Å². The normalized spacial score (nSPS) is 22.6. The Morgan fingerprint density at radius 1 is 1.34 bits per heavy atom. The van der Waals surface area contributed by atoms with Crippen LogP contribution in [0.2, 0.25) is 0 Å². The van der Waals surface area contributed by atoms with Crippen molar-refractivity contribution in [1.29, 1.82) is 0 Å². The van der Waals surface area contributed by atoms with Gasteiger partial charge in [-0.2, -0.15) is 0 Å². The summed E-state index contributed by atoms with van der Waals surface area (Å²) in [6.07, 6.45) is 1.87. The summed E-state index contributed by atoms with van der Waals surface area (Å²) in [6.45, 7) is 6.46. The maximum absolute atomic E-state index is 12.5. The van der Waals surface area contributed by atoms with E-state index in [0.717, 1.165) is 29.9 Å². The molecule has 154 valence electrons. The average molecular weight is 416 g/mol. The number of furan rings is 1. The summed E-state index contributed by atoms with van der Waals surface area (Å²) in [4.78, 5) is 17.1. The van der Waals surface area contributed by atoms with E-state index < -0.39 is 10.0 Å². The molecule has 1 aliphatic heterocycles. The van der Waals surface area contributed by atoms with Gasteiger partial charge in [0, 0.05) is 24.0 Å². The molecule has 1 amide bonds. The zero-order chi connectivity index (χ0) is 20.8. The lowest BCUT2D eigenvalue weighted by Crippen LogP contribution is -2.36. The van der Waals surface area contributed by atoms with Crippen molar-refractivity contribution in [2.75, 3.05) is 6.54 Å². The van der Waals surface area contributed by atoms with Gasteiger partial charge in [-0.3, -0.25) is 14.5 Å². The van der Waals surface area contributed by atoms with Crippen LogP contribution >= 0.6 is 0 Å².